The summed E-state index contributed by atoms with van der Waals surface area (Å²) in [6, 6.07) is 0. The van der Waals surface area contributed by atoms with Crippen LogP contribution < -0.4 is 0 Å². The van der Waals surface area contributed by atoms with Crippen molar-refractivity contribution in [3.05, 3.63) is 0 Å². The fourth-order valence-corrected chi connectivity index (χ4v) is 2.29. The summed E-state index contributed by atoms with van der Waals surface area (Å²) in [7, 11) is 1.78. The first-order valence-electron chi connectivity index (χ1n) is 6.10. The van der Waals surface area contributed by atoms with Crippen molar-refractivity contribution in [2.75, 3.05) is 26.7 Å². The number of methoxy groups -OCH3 is 1. The average Bonchev–Trinajstić information content (AvgIpc) is 2.21. The van der Waals surface area contributed by atoms with Crippen LogP contribution in [-0.4, -0.2) is 49.0 Å². The molecule has 90 valence electrons. The van der Waals surface area contributed by atoms with E-state index in [1.165, 1.54) is 6.42 Å². The predicted octanol–water partition coefficient (Wildman–Crippen LogP) is 1.50. The van der Waals surface area contributed by atoms with Crippen molar-refractivity contribution in [2.45, 2.75) is 45.3 Å². The van der Waals surface area contributed by atoms with E-state index in [1.54, 1.807) is 7.11 Å². The first-order valence-corrected chi connectivity index (χ1v) is 6.10. The molecule has 3 atom stereocenters. The second-order valence-electron chi connectivity index (χ2n) is 4.74. The Balaban J connectivity index is 2.31. The molecule has 0 aromatic carbocycles. The van der Waals surface area contributed by atoms with E-state index in [2.05, 4.69) is 18.7 Å². The Bertz CT molecular complexity index is 175. The van der Waals surface area contributed by atoms with Gasteiger partial charge in [-0.1, -0.05) is 20.3 Å². The van der Waals surface area contributed by atoms with Crippen molar-refractivity contribution in [3.63, 3.8) is 0 Å². The van der Waals surface area contributed by atoms with Gasteiger partial charge in [0, 0.05) is 20.2 Å². The van der Waals surface area contributed by atoms with Gasteiger partial charge < -0.3 is 9.84 Å². The number of aliphatic hydroxyl groups excluding tert-OH is 1. The van der Waals surface area contributed by atoms with Crippen molar-refractivity contribution in [2.24, 2.45) is 5.92 Å². The normalized spacial score (nSPS) is 30.4. The minimum atomic E-state index is -0.166. The van der Waals surface area contributed by atoms with Crippen LogP contribution in [0.15, 0.2) is 0 Å². The summed E-state index contributed by atoms with van der Waals surface area (Å²) in [5.41, 5.74) is 0. The molecule has 15 heavy (non-hydrogen) atoms. The van der Waals surface area contributed by atoms with Crippen LogP contribution >= 0.6 is 0 Å². The number of rotatable bonds is 5. The van der Waals surface area contributed by atoms with Gasteiger partial charge in [0.2, 0.25) is 0 Å². The van der Waals surface area contributed by atoms with E-state index < -0.39 is 0 Å². The minimum Gasteiger partial charge on any atom is -0.392 e. The van der Waals surface area contributed by atoms with Gasteiger partial charge in [0.15, 0.2) is 0 Å². The Morgan fingerprint density at radius 3 is 2.87 bits per heavy atom. The van der Waals surface area contributed by atoms with Crippen molar-refractivity contribution in [1.82, 2.24) is 4.90 Å². The molecule has 1 aliphatic heterocycles. The number of hydrogen-bond acceptors (Lipinski definition) is 3. The number of hydrogen-bond donors (Lipinski definition) is 1. The molecule has 1 fully saturated rings. The molecule has 3 nitrogen and oxygen atoms in total. The monoisotopic (exact) mass is 215 g/mol. The quantitative estimate of drug-likeness (QED) is 0.754. The summed E-state index contributed by atoms with van der Waals surface area (Å²) in [5, 5.41) is 9.74. The highest BCUT2D eigenvalue weighted by molar-refractivity contribution is 4.79. The van der Waals surface area contributed by atoms with Crippen molar-refractivity contribution >= 4 is 0 Å². The number of likely N-dealkylation sites (tertiary alicyclic amines) is 1. The van der Waals surface area contributed by atoms with Crippen LogP contribution in [-0.2, 0) is 4.74 Å². The molecular formula is C12H25NO2. The van der Waals surface area contributed by atoms with Crippen LogP contribution in [0.4, 0.5) is 0 Å². The number of β-amino-alcohol motifs (C(OH)–C–C–N with tert-alkyl or cyclic N) is 1. The third kappa shape index (κ3) is 4.09. The predicted molar refractivity (Wildman–Crippen MR) is 61.9 cm³/mol. The highest BCUT2D eigenvalue weighted by Gasteiger charge is 2.26. The van der Waals surface area contributed by atoms with Crippen LogP contribution in [0.2, 0.25) is 0 Å². The Labute approximate surface area is 93.4 Å². The van der Waals surface area contributed by atoms with Crippen molar-refractivity contribution < 1.29 is 9.84 Å². The third-order valence-corrected chi connectivity index (χ3v) is 3.37. The number of piperidine rings is 1. The zero-order valence-electron chi connectivity index (χ0n) is 10.3. The van der Waals surface area contributed by atoms with Gasteiger partial charge in [-0.3, -0.25) is 4.90 Å². The second-order valence-corrected chi connectivity index (χ2v) is 4.74. The standard InChI is InChI=1S/C12H25NO2/c1-4-5-11(14)8-13-7-6-10(2)12(9-13)15-3/h10-12,14H,4-9H2,1-3H3. The van der Waals surface area contributed by atoms with Crippen LogP contribution in [0.5, 0.6) is 0 Å². The van der Waals surface area contributed by atoms with E-state index in [0.29, 0.717) is 12.0 Å². The molecule has 1 saturated heterocycles. The molecule has 1 heterocycles. The molecule has 0 radical (unpaired) electrons. The average molecular weight is 215 g/mol. The number of aliphatic hydroxyl groups is 1. The zero-order valence-corrected chi connectivity index (χ0v) is 10.3. The van der Waals surface area contributed by atoms with Crippen LogP contribution in [0.25, 0.3) is 0 Å². The van der Waals surface area contributed by atoms with Gasteiger partial charge in [-0.05, 0) is 25.3 Å². The fourth-order valence-electron chi connectivity index (χ4n) is 2.29. The van der Waals surface area contributed by atoms with E-state index in [4.69, 9.17) is 4.74 Å². The lowest BCUT2D eigenvalue weighted by Gasteiger charge is -2.37. The van der Waals surface area contributed by atoms with E-state index in [0.717, 1.165) is 32.5 Å². The Morgan fingerprint density at radius 1 is 1.53 bits per heavy atom. The Morgan fingerprint density at radius 2 is 2.27 bits per heavy atom. The highest BCUT2D eigenvalue weighted by Crippen LogP contribution is 2.19. The third-order valence-electron chi connectivity index (χ3n) is 3.37. The van der Waals surface area contributed by atoms with E-state index in [9.17, 15) is 5.11 Å². The van der Waals surface area contributed by atoms with Gasteiger partial charge in [0.05, 0.1) is 12.2 Å². The summed E-state index contributed by atoms with van der Waals surface area (Å²) in [5.74, 6) is 0.648. The highest BCUT2D eigenvalue weighted by atomic mass is 16.5. The van der Waals surface area contributed by atoms with E-state index >= 15 is 0 Å². The summed E-state index contributed by atoms with van der Waals surface area (Å²) in [6.45, 7) is 7.23. The maximum atomic E-state index is 9.74. The fraction of sp³-hybridized carbons (Fsp3) is 1.00. The second kappa shape index (κ2) is 6.46. The van der Waals surface area contributed by atoms with Gasteiger partial charge in [0.25, 0.3) is 0 Å². The molecule has 1 aliphatic rings. The SMILES string of the molecule is CCCC(O)CN1CCC(C)C(OC)C1. The smallest absolute Gasteiger partial charge is 0.0724 e. The lowest BCUT2D eigenvalue weighted by Crippen LogP contribution is -2.46. The summed E-state index contributed by atoms with van der Waals surface area (Å²) in [6.07, 6.45) is 3.31. The summed E-state index contributed by atoms with van der Waals surface area (Å²) < 4.78 is 5.45. The topological polar surface area (TPSA) is 32.7 Å². The van der Waals surface area contributed by atoms with Crippen molar-refractivity contribution in [1.29, 1.82) is 0 Å². The molecular weight excluding hydrogens is 190 g/mol. The van der Waals surface area contributed by atoms with Crippen LogP contribution in [0.1, 0.15) is 33.1 Å². The van der Waals surface area contributed by atoms with E-state index in [1.807, 2.05) is 0 Å². The molecule has 0 saturated carbocycles. The lowest BCUT2D eigenvalue weighted by atomic mass is 9.95. The Kier molecular flexibility index (Phi) is 5.58. The minimum absolute atomic E-state index is 0.166. The van der Waals surface area contributed by atoms with Gasteiger partial charge in [-0.25, -0.2) is 0 Å². The zero-order chi connectivity index (χ0) is 11.3. The molecule has 0 aliphatic carbocycles. The molecule has 1 rings (SSSR count). The van der Waals surface area contributed by atoms with Gasteiger partial charge >= 0.3 is 0 Å². The number of nitrogens with zero attached hydrogens (tertiary/aromatic N) is 1. The first-order chi connectivity index (χ1) is 7.17. The van der Waals surface area contributed by atoms with Crippen LogP contribution in [0, 0.1) is 5.92 Å². The molecule has 0 aromatic rings. The molecule has 1 N–H and O–H groups in total. The van der Waals surface area contributed by atoms with Crippen molar-refractivity contribution in [3.8, 4) is 0 Å². The molecule has 3 unspecified atom stereocenters. The first kappa shape index (κ1) is 12.9. The van der Waals surface area contributed by atoms with Gasteiger partial charge in [0.1, 0.15) is 0 Å². The van der Waals surface area contributed by atoms with Gasteiger partial charge in [-0.2, -0.15) is 0 Å². The lowest BCUT2D eigenvalue weighted by molar-refractivity contribution is -0.0185. The Hall–Kier alpha value is -0.120. The van der Waals surface area contributed by atoms with Crippen LogP contribution in [0.3, 0.4) is 0 Å². The molecule has 0 bridgehead atoms. The maximum Gasteiger partial charge on any atom is 0.0724 e. The molecule has 3 heteroatoms. The molecule has 0 spiro atoms. The van der Waals surface area contributed by atoms with E-state index in [-0.39, 0.29) is 6.10 Å². The molecule has 0 amide bonds. The largest absolute Gasteiger partial charge is 0.392 e. The van der Waals surface area contributed by atoms with Gasteiger partial charge in [-0.15, -0.1) is 0 Å². The summed E-state index contributed by atoms with van der Waals surface area (Å²) in [4.78, 5) is 2.33. The summed E-state index contributed by atoms with van der Waals surface area (Å²) >= 11 is 0. The molecule has 0 aromatic heterocycles. The maximum absolute atomic E-state index is 9.74. The number of ether oxygens (including phenoxy) is 1.